The van der Waals surface area contributed by atoms with Crippen LogP contribution in [0.15, 0.2) is 54.7 Å². The van der Waals surface area contributed by atoms with Gasteiger partial charge in [0.15, 0.2) is 5.78 Å². The molecule has 2 N–H and O–H groups in total. The number of likely N-dealkylation sites (tertiary alicyclic amines) is 1. The lowest BCUT2D eigenvalue weighted by atomic mass is 10.0. The quantitative estimate of drug-likeness (QED) is 0.682. The van der Waals surface area contributed by atoms with E-state index in [0.717, 1.165) is 0 Å². The van der Waals surface area contributed by atoms with E-state index in [-0.39, 0.29) is 48.2 Å². The van der Waals surface area contributed by atoms with Gasteiger partial charge < -0.3 is 10.2 Å². The predicted molar refractivity (Wildman–Crippen MR) is 120 cm³/mol. The van der Waals surface area contributed by atoms with Crippen molar-refractivity contribution in [1.82, 2.24) is 25.6 Å². The molecular weight excluding hydrogens is 422 g/mol. The summed E-state index contributed by atoms with van der Waals surface area (Å²) in [7, 11) is 0. The molecule has 3 amide bonds. The Morgan fingerprint density at radius 1 is 1.12 bits per heavy atom. The SMILES string of the molecule is CC(C)C[C@H](NC(=O)c1ccccc1)C(=O)N1NC[C@@H]2[C@H]1C(=O)CN2C(=O)c1ccccn1. The van der Waals surface area contributed by atoms with Gasteiger partial charge in [0.2, 0.25) is 0 Å². The maximum atomic E-state index is 13.5. The summed E-state index contributed by atoms with van der Waals surface area (Å²) in [6.45, 7) is 4.11. The minimum Gasteiger partial charge on any atom is -0.340 e. The number of hydrogen-bond acceptors (Lipinski definition) is 6. The number of nitrogens with one attached hydrogen (secondary N) is 2. The Hall–Kier alpha value is -3.59. The molecule has 0 bridgehead atoms. The fourth-order valence-electron chi connectivity index (χ4n) is 4.36. The van der Waals surface area contributed by atoms with Crippen molar-refractivity contribution in [3.8, 4) is 0 Å². The number of hydrogen-bond donors (Lipinski definition) is 2. The van der Waals surface area contributed by atoms with Crippen molar-refractivity contribution in [2.45, 2.75) is 38.4 Å². The fourth-order valence-corrected chi connectivity index (χ4v) is 4.36. The maximum absolute atomic E-state index is 13.5. The first-order valence-corrected chi connectivity index (χ1v) is 11.0. The number of benzene rings is 1. The molecule has 9 heteroatoms. The number of pyridine rings is 1. The normalized spacial score (nSPS) is 20.6. The molecule has 1 aromatic heterocycles. The van der Waals surface area contributed by atoms with Gasteiger partial charge in [-0.1, -0.05) is 38.1 Å². The molecular formula is C24H27N5O4. The van der Waals surface area contributed by atoms with Crippen molar-refractivity contribution in [1.29, 1.82) is 0 Å². The predicted octanol–water partition coefficient (Wildman–Crippen LogP) is 1.04. The molecule has 3 atom stereocenters. The molecule has 2 saturated heterocycles. The first-order valence-electron chi connectivity index (χ1n) is 11.0. The number of rotatable bonds is 6. The molecule has 2 aliphatic rings. The molecule has 2 fully saturated rings. The van der Waals surface area contributed by atoms with Crippen molar-refractivity contribution >= 4 is 23.5 Å². The molecule has 172 valence electrons. The van der Waals surface area contributed by atoms with E-state index in [0.29, 0.717) is 12.0 Å². The van der Waals surface area contributed by atoms with E-state index in [1.807, 2.05) is 19.9 Å². The van der Waals surface area contributed by atoms with Gasteiger partial charge in [0.25, 0.3) is 17.7 Å². The number of carbonyl (C=O) groups excluding carboxylic acids is 4. The van der Waals surface area contributed by atoms with Crippen LogP contribution in [0.5, 0.6) is 0 Å². The Morgan fingerprint density at radius 2 is 1.85 bits per heavy atom. The number of aromatic nitrogens is 1. The van der Waals surface area contributed by atoms with Gasteiger partial charge in [0.1, 0.15) is 17.8 Å². The Balaban J connectivity index is 1.51. The van der Waals surface area contributed by atoms with Crippen LogP contribution in [0.3, 0.4) is 0 Å². The third-order valence-corrected chi connectivity index (χ3v) is 5.90. The fraction of sp³-hybridized carbons (Fsp3) is 0.375. The van der Waals surface area contributed by atoms with Gasteiger partial charge >= 0.3 is 0 Å². The van der Waals surface area contributed by atoms with E-state index in [2.05, 4.69) is 15.7 Å². The molecule has 1 aromatic carbocycles. The van der Waals surface area contributed by atoms with Crippen LogP contribution in [0.1, 0.15) is 41.1 Å². The molecule has 2 aromatic rings. The van der Waals surface area contributed by atoms with Crippen LogP contribution in [-0.4, -0.2) is 69.6 Å². The topological polar surface area (TPSA) is 112 Å². The van der Waals surface area contributed by atoms with E-state index < -0.39 is 18.1 Å². The summed E-state index contributed by atoms with van der Waals surface area (Å²) in [6.07, 6.45) is 1.94. The lowest BCUT2D eigenvalue weighted by Crippen LogP contribution is -2.55. The highest BCUT2D eigenvalue weighted by atomic mass is 16.2. The second-order valence-electron chi connectivity index (χ2n) is 8.72. The van der Waals surface area contributed by atoms with Gasteiger partial charge in [-0.15, -0.1) is 0 Å². The zero-order valence-corrected chi connectivity index (χ0v) is 18.6. The second kappa shape index (κ2) is 9.50. The summed E-state index contributed by atoms with van der Waals surface area (Å²) < 4.78 is 0. The lowest BCUT2D eigenvalue weighted by Gasteiger charge is -2.28. The minimum absolute atomic E-state index is 0.0819. The number of carbonyl (C=O) groups is 4. The monoisotopic (exact) mass is 449 g/mol. The Kier molecular flexibility index (Phi) is 6.50. The molecule has 0 unspecified atom stereocenters. The molecule has 0 spiro atoms. The van der Waals surface area contributed by atoms with Crippen molar-refractivity contribution < 1.29 is 19.2 Å². The average molecular weight is 450 g/mol. The largest absolute Gasteiger partial charge is 0.340 e. The molecule has 0 aliphatic carbocycles. The molecule has 33 heavy (non-hydrogen) atoms. The maximum Gasteiger partial charge on any atom is 0.273 e. The Bertz CT molecular complexity index is 1040. The summed E-state index contributed by atoms with van der Waals surface area (Å²) in [5.41, 5.74) is 3.70. The van der Waals surface area contributed by atoms with Crippen LogP contribution in [0.2, 0.25) is 0 Å². The zero-order chi connectivity index (χ0) is 23.5. The molecule has 3 heterocycles. The van der Waals surface area contributed by atoms with Crippen molar-refractivity contribution in [2.24, 2.45) is 5.92 Å². The molecule has 4 rings (SSSR count). The van der Waals surface area contributed by atoms with Gasteiger partial charge in [0.05, 0.1) is 12.6 Å². The van der Waals surface area contributed by atoms with Gasteiger partial charge in [-0.3, -0.25) is 29.2 Å². The van der Waals surface area contributed by atoms with Crippen LogP contribution < -0.4 is 10.7 Å². The summed E-state index contributed by atoms with van der Waals surface area (Å²) in [5, 5.41) is 4.13. The smallest absolute Gasteiger partial charge is 0.273 e. The van der Waals surface area contributed by atoms with Crippen LogP contribution in [0.25, 0.3) is 0 Å². The third kappa shape index (κ3) is 4.63. The van der Waals surface area contributed by atoms with E-state index in [1.54, 1.807) is 42.5 Å². The number of nitrogens with zero attached hydrogens (tertiary/aromatic N) is 3. The van der Waals surface area contributed by atoms with Crippen molar-refractivity contribution in [3.05, 3.63) is 66.0 Å². The zero-order valence-electron chi connectivity index (χ0n) is 18.6. The first kappa shape index (κ1) is 22.6. The number of fused-ring (bicyclic) bond motifs is 1. The number of ketones is 1. The molecule has 0 saturated carbocycles. The lowest BCUT2D eigenvalue weighted by molar-refractivity contribution is -0.141. The first-order chi connectivity index (χ1) is 15.9. The highest BCUT2D eigenvalue weighted by molar-refractivity contribution is 6.02. The summed E-state index contributed by atoms with van der Waals surface area (Å²) in [4.78, 5) is 57.5. The van der Waals surface area contributed by atoms with Crippen LogP contribution in [0.4, 0.5) is 0 Å². The van der Waals surface area contributed by atoms with E-state index in [1.165, 1.54) is 16.1 Å². The summed E-state index contributed by atoms with van der Waals surface area (Å²) in [5.74, 6) is -1.17. The van der Waals surface area contributed by atoms with E-state index >= 15 is 0 Å². The minimum atomic E-state index is -0.808. The number of hydrazine groups is 1. The standard InChI is InChI=1S/C24H27N5O4/c1-15(2)12-18(27-22(31)16-8-4-3-5-9-16)24(33)29-21-19(13-26-29)28(14-20(21)30)23(32)17-10-6-7-11-25-17/h3-11,15,18-19,21,26H,12-14H2,1-2H3,(H,27,31)/t18-,19+,21-/m0/s1. The molecule has 9 nitrogen and oxygen atoms in total. The summed E-state index contributed by atoms with van der Waals surface area (Å²) in [6, 6.07) is 11.6. The van der Waals surface area contributed by atoms with E-state index in [4.69, 9.17) is 0 Å². The molecule has 2 aliphatic heterocycles. The van der Waals surface area contributed by atoms with Crippen LogP contribution >= 0.6 is 0 Å². The highest BCUT2D eigenvalue weighted by Gasteiger charge is 2.52. The Labute approximate surface area is 192 Å². The second-order valence-corrected chi connectivity index (χ2v) is 8.72. The molecule has 0 radical (unpaired) electrons. The van der Waals surface area contributed by atoms with E-state index in [9.17, 15) is 19.2 Å². The van der Waals surface area contributed by atoms with Crippen molar-refractivity contribution in [3.63, 3.8) is 0 Å². The third-order valence-electron chi connectivity index (χ3n) is 5.90. The van der Waals surface area contributed by atoms with Gasteiger partial charge in [-0.2, -0.15) is 0 Å². The van der Waals surface area contributed by atoms with Crippen LogP contribution in [0, 0.1) is 5.92 Å². The van der Waals surface area contributed by atoms with Gasteiger partial charge in [-0.25, -0.2) is 5.43 Å². The van der Waals surface area contributed by atoms with Gasteiger partial charge in [0, 0.05) is 18.3 Å². The highest BCUT2D eigenvalue weighted by Crippen LogP contribution is 2.26. The average Bonchev–Trinajstić information content (AvgIpc) is 3.40. The summed E-state index contributed by atoms with van der Waals surface area (Å²) >= 11 is 0. The van der Waals surface area contributed by atoms with Crippen molar-refractivity contribution in [2.75, 3.05) is 13.1 Å². The Morgan fingerprint density at radius 3 is 2.52 bits per heavy atom. The van der Waals surface area contributed by atoms with Crippen LogP contribution in [-0.2, 0) is 9.59 Å². The number of amides is 3. The number of Topliss-reactive ketones (excluding diaryl/α,β-unsaturated/α-hetero) is 1. The van der Waals surface area contributed by atoms with Gasteiger partial charge in [-0.05, 0) is 36.6 Å².